The molecule has 2 heterocycles. The van der Waals surface area contributed by atoms with Crippen LogP contribution in [0.25, 0.3) is 0 Å². The molecule has 3 N–H and O–H groups in total. The third-order valence-electron chi connectivity index (χ3n) is 5.03. The first-order chi connectivity index (χ1) is 9.98. The topological polar surface area (TPSA) is 62.4 Å². The molecule has 0 bridgehead atoms. The molecule has 1 saturated heterocycles. The molecule has 1 aromatic heterocycles. The van der Waals surface area contributed by atoms with E-state index in [9.17, 15) is 5.11 Å². The maximum atomic E-state index is 11.0. The molecule has 21 heavy (non-hydrogen) atoms. The van der Waals surface area contributed by atoms with Crippen molar-refractivity contribution >= 4 is 11.3 Å². The molecule has 0 aromatic carbocycles. The van der Waals surface area contributed by atoms with E-state index in [0.717, 1.165) is 55.1 Å². The Kier molecular flexibility index (Phi) is 4.37. The largest absolute Gasteiger partial charge is 0.384 e. The molecule has 1 saturated carbocycles. The smallest absolute Gasteiger partial charge is 0.100 e. The molecule has 3 rings (SSSR count). The monoisotopic (exact) mass is 309 g/mol. The number of nitrogens with two attached hydrogens (primary N) is 1. The molecule has 4 nitrogen and oxygen atoms in total. The van der Waals surface area contributed by atoms with E-state index in [4.69, 9.17) is 5.73 Å². The Bertz CT molecular complexity index is 480. The summed E-state index contributed by atoms with van der Waals surface area (Å²) in [5.41, 5.74) is 5.36. The summed E-state index contributed by atoms with van der Waals surface area (Å²) in [6, 6.07) is 0.956. The van der Waals surface area contributed by atoms with Crippen LogP contribution in [0.15, 0.2) is 6.20 Å². The zero-order valence-electron chi connectivity index (χ0n) is 13.1. The van der Waals surface area contributed by atoms with Gasteiger partial charge >= 0.3 is 0 Å². The molecule has 118 valence electrons. The van der Waals surface area contributed by atoms with Crippen molar-refractivity contribution in [3.63, 3.8) is 0 Å². The summed E-state index contributed by atoms with van der Waals surface area (Å²) >= 11 is 1.69. The van der Waals surface area contributed by atoms with Gasteiger partial charge in [0.1, 0.15) is 5.60 Å². The lowest BCUT2D eigenvalue weighted by Gasteiger charge is -2.39. The lowest BCUT2D eigenvalue weighted by molar-refractivity contribution is -0.0194. The van der Waals surface area contributed by atoms with Crippen LogP contribution in [-0.4, -0.2) is 40.2 Å². The van der Waals surface area contributed by atoms with Crippen LogP contribution in [0.3, 0.4) is 0 Å². The van der Waals surface area contributed by atoms with Crippen LogP contribution in [0.2, 0.25) is 0 Å². The van der Waals surface area contributed by atoms with Crippen molar-refractivity contribution in [2.75, 3.05) is 13.1 Å². The Morgan fingerprint density at radius 2 is 2.10 bits per heavy atom. The van der Waals surface area contributed by atoms with Gasteiger partial charge in [-0.1, -0.05) is 13.8 Å². The number of hydrogen-bond donors (Lipinski definition) is 2. The third-order valence-corrected chi connectivity index (χ3v) is 6.52. The highest BCUT2D eigenvalue weighted by atomic mass is 32.1. The summed E-state index contributed by atoms with van der Waals surface area (Å²) in [4.78, 5) is 8.06. The fourth-order valence-corrected chi connectivity index (χ4v) is 4.67. The summed E-state index contributed by atoms with van der Waals surface area (Å²) in [5, 5.41) is 12.1. The van der Waals surface area contributed by atoms with Crippen LogP contribution >= 0.6 is 11.3 Å². The van der Waals surface area contributed by atoms with E-state index >= 15 is 0 Å². The predicted octanol–water partition coefficient (Wildman–Crippen LogP) is 2.43. The number of thiazole rings is 1. The Labute approximate surface area is 131 Å². The minimum absolute atomic E-state index is 0.348. The second-order valence-electron chi connectivity index (χ2n) is 7.02. The standard InChI is InChI=1S/C16H27N3OS/c1-11(2)15-18-9-14(21-15)16(20)6-3-13(4-7-16)19-8-5-12(17)10-19/h9,11-13,20H,3-8,10,17H2,1-2H3. The van der Waals surface area contributed by atoms with Gasteiger partial charge in [-0.3, -0.25) is 4.90 Å². The highest BCUT2D eigenvalue weighted by Gasteiger charge is 2.39. The summed E-state index contributed by atoms with van der Waals surface area (Å²) in [6.45, 7) is 6.46. The van der Waals surface area contributed by atoms with E-state index in [1.54, 1.807) is 11.3 Å². The predicted molar refractivity (Wildman–Crippen MR) is 86.5 cm³/mol. The average molecular weight is 309 g/mol. The Balaban J connectivity index is 1.63. The first-order valence-corrected chi connectivity index (χ1v) is 8.98. The van der Waals surface area contributed by atoms with Crippen molar-refractivity contribution in [1.82, 2.24) is 9.88 Å². The number of likely N-dealkylation sites (tertiary alicyclic amines) is 1. The first kappa shape index (κ1) is 15.4. The molecule has 0 radical (unpaired) electrons. The zero-order valence-corrected chi connectivity index (χ0v) is 13.9. The molecule has 0 amide bonds. The minimum Gasteiger partial charge on any atom is -0.384 e. The summed E-state index contributed by atoms with van der Waals surface area (Å²) in [6.07, 6.45) is 6.85. The number of hydrogen-bond acceptors (Lipinski definition) is 5. The molecular weight excluding hydrogens is 282 g/mol. The van der Waals surface area contributed by atoms with Gasteiger partial charge in [-0.2, -0.15) is 0 Å². The Morgan fingerprint density at radius 1 is 1.38 bits per heavy atom. The van der Waals surface area contributed by atoms with Crippen LogP contribution in [-0.2, 0) is 5.60 Å². The van der Waals surface area contributed by atoms with Crippen molar-refractivity contribution < 1.29 is 5.11 Å². The quantitative estimate of drug-likeness (QED) is 0.900. The van der Waals surface area contributed by atoms with Crippen LogP contribution in [0.5, 0.6) is 0 Å². The van der Waals surface area contributed by atoms with Crippen LogP contribution in [0, 0.1) is 0 Å². The van der Waals surface area contributed by atoms with E-state index in [2.05, 4.69) is 23.7 Å². The van der Waals surface area contributed by atoms with Crippen molar-refractivity contribution in [2.45, 2.75) is 69.6 Å². The normalized spacial score (nSPS) is 34.7. The number of aromatic nitrogens is 1. The molecule has 2 aliphatic rings. The Hall–Kier alpha value is -0.490. The maximum absolute atomic E-state index is 11.0. The molecule has 1 unspecified atom stereocenters. The molecule has 2 fully saturated rings. The molecule has 1 atom stereocenters. The number of nitrogens with zero attached hydrogens (tertiary/aromatic N) is 2. The van der Waals surface area contributed by atoms with Crippen LogP contribution < -0.4 is 5.73 Å². The summed E-state index contributed by atoms with van der Waals surface area (Å²) < 4.78 is 0. The molecule has 5 heteroatoms. The SMILES string of the molecule is CC(C)c1ncc(C2(O)CCC(N3CCC(N)C3)CC2)s1. The highest BCUT2D eigenvalue weighted by molar-refractivity contribution is 7.11. The van der Waals surface area contributed by atoms with E-state index < -0.39 is 5.60 Å². The number of rotatable bonds is 3. The van der Waals surface area contributed by atoms with Gasteiger partial charge in [0.2, 0.25) is 0 Å². The van der Waals surface area contributed by atoms with E-state index in [1.807, 2.05) is 6.20 Å². The number of aliphatic hydroxyl groups is 1. The van der Waals surface area contributed by atoms with Gasteiger partial charge in [-0.25, -0.2) is 4.98 Å². The van der Waals surface area contributed by atoms with Crippen molar-refractivity contribution in [2.24, 2.45) is 5.73 Å². The third kappa shape index (κ3) is 3.16. The second-order valence-corrected chi connectivity index (χ2v) is 8.09. The van der Waals surface area contributed by atoms with Crippen molar-refractivity contribution in [3.8, 4) is 0 Å². The van der Waals surface area contributed by atoms with Crippen LogP contribution in [0.1, 0.15) is 61.8 Å². The zero-order chi connectivity index (χ0) is 15.0. The van der Waals surface area contributed by atoms with E-state index in [0.29, 0.717) is 18.0 Å². The summed E-state index contributed by atoms with van der Waals surface area (Å²) in [7, 11) is 0. The lowest BCUT2D eigenvalue weighted by Crippen LogP contribution is -2.42. The molecular formula is C16H27N3OS. The van der Waals surface area contributed by atoms with Gasteiger partial charge in [0.05, 0.1) is 9.88 Å². The van der Waals surface area contributed by atoms with Gasteiger partial charge in [-0.05, 0) is 32.1 Å². The van der Waals surface area contributed by atoms with Gasteiger partial charge in [0.15, 0.2) is 0 Å². The molecule has 1 aliphatic heterocycles. The lowest BCUT2D eigenvalue weighted by atomic mass is 9.81. The molecule has 0 spiro atoms. The minimum atomic E-state index is -0.650. The highest BCUT2D eigenvalue weighted by Crippen LogP contribution is 2.42. The first-order valence-electron chi connectivity index (χ1n) is 8.16. The van der Waals surface area contributed by atoms with E-state index in [-0.39, 0.29) is 0 Å². The van der Waals surface area contributed by atoms with Gasteiger partial charge in [-0.15, -0.1) is 11.3 Å². The fourth-order valence-electron chi connectivity index (χ4n) is 3.61. The summed E-state index contributed by atoms with van der Waals surface area (Å²) in [5.74, 6) is 0.440. The van der Waals surface area contributed by atoms with Crippen molar-refractivity contribution in [3.05, 3.63) is 16.1 Å². The van der Waals surface area contributed by atoms with Gasteiger partial charge in [0.25, 0.3) is 0 Å². The molecule has 1 aliphatic carbocycles. The molecule has 1 aromatic rings. The fraction of sp³-hybridized carbons (Fsp3) is 0.812. The maximum Gasteiger partial charge on any atom is 0.100 e. The van der Waals surface area contributed by atoms with E-state index in [1.165, 1.54) is 0 Å². The van der Waals surface area contributed by atoms with Crippen LogP contribution in [0.4, 0.5) is 0 Å². The second kappa shape index (κ2) is 5.95. The van der Waals surface area contributed by atoms with Crippen molar-refractivity contribution in [1.29, 1.82) is 0 Å². The van der Waals surface area contributed by atoms with Gasteiger partial charge < -0.3 is 10.8 Å². The Morgan fingerprint density at radius 3 is 2.62 bits per heavy atom. The average Bonchev–Trinajstić information content (AvgIpc) is 3.08. The van der Waals surface area contributed by atoms with Gasteiger partial charge in [0, 0.05) is 37.3 Å².